The highest BCUT2D eigenvalue weighted by molar-refractivity contribution is 5.98. The van der Waals surface area contributed by atoms with Crippen molar-refractivity contribution in [3.63, 3.8) is 0 Å². The van der Waals surface area contributed by atoms with Crippen LogP contribution in [0.3, 0.4) is 0 Å². The quantitative estimate of drug-likeness (QED) is 0.702. The fourth-order valence-electron chi connectivity index (χ4n) is 3.79. The zero-order valence-electron chi connectivity index (χ0n) is 16.2. The van der Waals surface area contributed by atoms with Crippen molar-refractivity contribution in [2.24, 2.45) is 0 Å². The first-order valence-corrected chi connectivity index (χ1v) is 9.47. The van der Waals surface area contributed by atoms with E-state index >= 15 is 0 Å². The molecule has 0 N–H and O–H groups in total. The Hall–Kier alpha value is -3.28. The average molecular weight is 376 g/mol. The van der Waals surface area contributed by atoms with Crippen LogP contribution in [0.25, 0.3) is 5.69 Å². The number of hydrogen-bond acceptors (Lipinski definition) is 4. The zero-order chi connectivity index (χ0) is 19.5. The third kappa shape index (κ3) is 3.33. The highest BCUT2D eigenvalue weighted by Crippen LogP contribution is 2.30. The van der Waals surface area contributed by atoms with E-state index in [1.165, 1.54) is 0 Å². The molecule has 1 aliphatic heterocycles. The van der Waals surface area contributed by atoms with E-state index in [1.54, 1.807) is 18.0 Å². The second-order valence-corrected chi connectivity index (χ2v) is 6.93. The first kappa shape index (κ1) is 18.1. The minimum Gasteiger partial charge on any atom is -0.495 e. The first-order valence-electron chi connectivity index (χ1n) is 9.47. The molecule has 1 aromatic heterocycles. The maximum atomic E-state index is 13.3. The lowest BCUT2D eigenvalue weighted by atomic mass is 10.1. The lowest BCUT2D eigenvalue weighted by Crippen LogP contribution is -2.54. The van der Waals surface area contributed by atoms with E-state index in [2.05, 4.69) is 23.0 Å². The largest absolute Gasteiger partial charge is 0.495 e. The van der Waals surface area contributed by atoms with E-state index in [9.17, 15) is 4.79 Å². The summed E-state index contributed by atoms with van der Waals surface area (Å²) in [6.07, 6.45) is 3.57. The van der Waals surface area contributed by atoms with Gasteiger partial charge in [0.25, 0.3) is 5.91 Å². The SMILES string of the molecule is COc1ccccc1N1CCN(C(=O)c2ccccc2-n2cccn2)[C@@H](C)C1. The Labute approximate surface area is 164 Å². The van der Waals surface area contributed by atoms with Crippen LogP contribution in [0.5, 0.6) is 5.75 Å². The number of aromatic nitrogens is 2. The first-order chi connectivity index (χ1) is 13.7. The van der Waals surface area contributed by atoms with Crippen molar-refractivity contribution in [3.05, 3.63) is 72.6 Å². The number of hydrogen-bond donors (Lipinski definition) is 0. The van der Waals surface area contributed by atoms with Gasteiger partial charge in [0.15, 0.2) is 0 Å². The predicted molar refractivity (Wildman–Crippen MR) is 109 cm³/mol. The standard InChI is InChI=1S/C22H24N4O2/c1-17-16-24(20-10-5-6-11-21(20)28-2)14-15-25(17)22(27)18-8-3-4-9-19(18)26-13-7-12-23-26/h3-13,17H,14-16H2,1-2H3/t17-/m0/s1. The van der Waals surface area contributed by atoms with Crippen LogP contribution in [-0.4, -0.2) is 53.4 Å². The molecule has 1 atom stereocenters. The molecule has 1 amide bonds. The highest BCUT2D eigenvalue weighted by Gasteiger charge is 2.30. The maximum absolute atomic E-state index is 13.3. The summed E-state index contributed by atoms with van der Waals surface area (Å²) >= 11 is 0. The van der Waals surface area contributed by atoms with Crippen LogP contribution in [0.15, 0.2) is 67.0 Å². The van der Waals surface area contributed by atoms with Crippen LogP contribution in [0.4, 0.5) is 5.69 Å². The summed E-state index contributed by atoms with van der Waals surface area (Å²) in [5, 5.41) is 4.29. The number of amides is 1. The number of anilines is 1. The Morgan fingerprint density at radius 3 is 2.50 bits per heavy atom. The summed E-state index contributed by atoms with van der Waals surface area (Å²) < 4.78 is 7.24. The van der Waals surface area contributed by atoms with Crippen molar-refractivity contribution in [3.8, 4) is 11.4 Å². The molecule has 0 aliphatic carbocycles. The molecule has 4 rings (SSSR count). The fourth-order valence-corrected chi connectivity index (χ4v) is 3.79. The minimum absolute atomic E-state index is 0.0401. The van der Waals surface area contributed by atoms with Gasteiger partial charge in [0.1, 0.15) is 5.75 Å². The van der Waals surface area contributed by atoms with Gasteiger partial charge in [-0.25, -0.2) is 4.68 Å². The zero-order valence-corrected chi connectivity index (χ0v) is 16.2. The van der Waals surface area contributed by atoms with Gasteiger partial charge in [0, 0.05) is 38.1 Å². The van der Waals surface area contributed by atoms with Crippen molar-refractivity contribution in [1.82, 2.24) is 14.7 Å². The normalized spacial score (nSPS) is 16.9. The molecule has 0 spiro atoms. The number of para-hydroxylation sites is 3. The molecule has 2 aromatic carbocycles. The van der Waals surface area contributed by atoms with E-state index in [-0.39, 0.29) is 11.9 Å². The van der Waals surface area contributed by atoms with Crippen LogP contribution in [0.2, 0.25) is 0 Å². The number of ether oxygens (including phenoxy) is 1. The Kier molecular flexibility index (Phi) is 5.02. The van der Waals surface area contributed by atoms with Crippen LogP contribution in [0.1, 0.15) is 17.3 Å². The number of piperazine rings is 1. The lowest BCUT2D eigenvalue weighted by Gasteiger charge is -2.41. The smallest absolute Gasteiger partial charge is 0.256 e. The minimum atomic E-state index is 0.0401. The summed E-state index contributed by atoms with van der Waals surface area (Å²) in [4.78, 5) is 17.6. The Balaban J connectivity index is 1.55. The molecule has 0 radical (unpaired) electrons. The molecule has 3 aromatic rings. The summed E-state index contributed by atoms with van der Waals surface area (Å²) in [5.41, 5.74) is 2.54. The molecule has 0 bridgehead atoms. The number of methoxy groups -OCH3 is 1. The molecule has 6 nitrogen and oxygen atoms in total. The van der Waals surface area contributed by atoms with Gasteiger partial charge >= 0.3 is 0 Å². The second kappa shape index (κ2) is 7.76. The van der Waals surface area contributed by atoms with Gasteiger partial charge in [-0.2, -0.15) is 5.10 Å². The van der Waals surface area contributed by atoms with Gasteiger partial charge in [-0.15, -0.1) is 0 Å². The van der Waals surface area contributed by atoms with E-state index in [0.717, 1.165) is 30.2 Å². The van der Waals surface area contributed by atoms with Crippen molar-refractivity contribution in [2.75, 3.05) is 31.6 Å². The topological polar surface area (TPSA) is 50.6 Å². The molecule has 0 saturated carbocycles. The predicted octanol–water partition coefficient (Wildman–Crippen LogP) is 3.23. The lowest BCUT2D eigenvalue weighted by molar-refractivity contribution is 0.0674. The second-order valence-electron chi connectivity index (χ2n) is 6.93. The number of nitrogens with zero attached hydrogens (tertiary/aromatic N) is 4. The Morgan fingerprint density at radius 2 is 1.79 bits per heavy atom. The van der Waals surface area contributed by atoms with E-state index in [4.69, 9.17) is 4.74 Å². The van der Waals surface area contributed by atoms with Gasteiger partial charge in [0.05, 0.1) is 24.0 Å². The highest BCUT2D eigenvalue weighted by atomic mass is 16.5. The van der Waals surface area contributed by atoms with Crippen LogP contribution in [0, 0.1) is 0 Å². The molecule has 1 saturated heterocycles. The summed E-state index contributed by atoms with van der Waals surface area (Å²) in [7, 11) is 1.69. The van der Waals surface area contributed by atoms with Crippen molar-refractivity contribution >= 4 is 11.6 Å². The van der Waals surface area contributed by atoms with Crippen molar-refractivity contribution < 1.29 is 9.53 Å². The molecule has 1 aliphatic rings. The van der Waals surface area contributed by atoms with Gasteiger partial charge < -0.3 is 14.5 Å². The molecule has 28 heavy (non-hydrogen) atoms. The van der Waals surface area contributed by atoms with Gasteiger partial charge in [-0.05, 0) is 37.3 Å². The summed E-state index contributed by atoms with van der Waals surface area (Å²) in [5.74, 6) is 0.900. The molecular weight excluding hydrogens is 352 g/mol. The fraction of sp³-hybridized carbons (Fsp3) is 0.273. The number of rotatable bonds is 4. The van der Waals surface area contributed by atoms with Gasteiger partial charge in [-0.3, -0.25) is 4.79 Å². The monoisotopic (exact) mass is 376 g/mol. The van der Waals surface area contributed by atoms with Crippen LogP contribution in [-0.2, 0) is 0 Å². The molecule has 2 heterocycles. The average Bonchev–Trinajstić information content (AvgIpc) is 3.28. The Morgan fingerprint density at radius 1 is 1.04 bits per heavy atom. The maximum Gasteiger partial charge on any atom is 0.256 e. The van der Waals surface area contributed by atoms with Crippen LogP contribution >= 0.6 is 0 Å². The van der Waals surface area contributed by atoms with Crippen molar-refractivity contribution in [1.29, 1.82) is 0 Å². The van der Waals surface area contributed by atoms with Crippen molar-refractivity contribution in [2.45, 2.75) is 13.0 Å². The van der Waals surface area contributed by atoms with Gasteiger partial charge in [-0.1, -0.05) is 24.3 Å². The summed E-state index contributed by atoms with van der Waals surface area (Å²) in [6, 6.07) is 17.6. The molecule has 6 heteroatoms. The van der Waals surface area contributed by atoms with E-state index in [0.29, 0.717) is 12.1 Å². The van der Waals surface area contributed by atoms with E-state index < -0.39 is 0 Å². The van der Waals surface area contributed by atoms with Crippen LogP contribution < -0.4 is 9.64 Å². The third-order valence-corrected chi connectivity index (χ3v) is 5.20. The molecule has 0 unspecified atom stereocenters. The third-order valence-electron chi connectivity index (χ3n) is 5.20. The number of benzene rings is 2. The molecular formula is C22H24N4O2. The summed E-state index contributed by atoms with van der Waals surface area (Å²) in [6.45, 7) is 4.28. The Bertz CT molecular complexity index is 955. The number of carbonyl (C=O) groups excluding carboxylic acids is 1. The van der Waals surface area contributed by atoms with Gasteiger partial charge in [0.2, 0.25) is 0 Å². The molecule has 144 valence electrons. The number of carbonyl (C=O) groups is 1. The van der Waals surface area contributed by atoms with E-state index in [1.807, 2.05) is 59.6 Å². The molecule has 1 fully saturated rings.